The number of halogens is 1. The van der Waals surface area contributed by atoms with Crippen LogP contribution >= 0.6 is 0 Å². The van der Waals surface area contributed by atoms with Crippen LogP contribution in [-0.4, -0.2) is 23.4 Å². The SMILES string of the molecule is NC(=O)c1cccc(CN(Cc2ccccc2)C(=O)NCCc2ccc(F)cc2)c1. The summed E-state index contributed by atoms with van der Waals surface area (Å²) in [5, 5.41) is 2.93. The van der Waals surface area contributed by atoms with Crippen LogP contribution in [0.3, 0.4) is 0 Å². The lowest BCUT2D eigenvalue weighted by Crippen LogP contribution is -2.40. The van der Waals surface area contributed by atoms with Gasteiger partial charge in [0.05, 0.1) is 0 Å². The Bertz CT molecular complexity index is 991. The summed E-state index contributed by atoms with van der Waals surface area (Å²) in [5.74, 6) is -0.787. The number of carbonyl (C=O) groups is 2. The van der Waals surface area contributed by atoms with Gasteiger partial charge in [0.15, 0.2) is 0 Å². The predicted molar refractivity (Wildman–Crippen MR) is 114 cm³/mol. The average molecular weight is 405 g/mol. The number of carbonyl (C=O) groups excluding carboxylic acids is 2. The third-order valence-corrected chi connectivity index (χ3v) is 4.69. The molecule has 6 heteroatoms. The van der Waals surface area contributed by atoms with E-state index in [0.717, 1.165) is 16.7 Å². The van der Waals surface area contributed by atoms with Crippen molar-refractivity contribution < 1.29 is 14.0 Å². The largest absolute Gasteiger partial charge is 0.366 e. The lowest BCUT2D eigenvalue weighted by atomic mass is 10.1. The highest BCUT2D eigenvalue weighted by molar-refractivity contribution is 5.92. The molecule has 0 aliphatic heterocycles. The molecular weight excluding hydrogens is 381 g/mol. The van der Waals surface area contributed by atoms with E-state index in [2.05, 4.69) is 5.32 Å². The first-order valence-electron chi connectivity index (χ1n) is 9.71. The second-order valence-corrected chi connectivity index (χ2v) is 7.01. The Morgan fingerprint density at radius 2 is 1.50 bits per heavy atom. The van der Waals surface area contributed by atoms with Gasteiger partial charge in [-0.1, -0.05) is 54.6 Å². The molecule has 30 heavy (non-hydrogen) atoms. The molecule has 0 atom stereocenters. The molecule has 0 bridgehead atoms. The standard InChI is InChI=1S/C24H24FN3O2/c25-22-11-9-18(10-12-22)13-14-27-24(30)28(16-19-5-2-1-3-6-19)17-20-7-4-8-21(15-20)23(26)29/h1-12,15H,13-14,16-17H2,(H2,26,29)(H,27,30). The van der Waals surface area contributed by atoms with Gasteiger partial charge in [-0.05, 0) is 47.4 Å². The highest BCUT2D eigenvalue weighted by atomic mass is 19.1. The molecule has 0 saturated heterocycles. The Morgan fingerprint density at radius 3 is 2.20 bits per heavy atom. The zero-order chi connectivity index (χ0) is 21.3. The number of hydrogen-bond donors (Lipinski definition) is 2. The molecule has 0 radical (unpaired) electrons. The Balaban J connectivity index is 1.68. The maximum Gasteiger partial charge on any atom is 0.318 e. The molecule has 0 aliphatic rings. The fourth-order valence-corrected chi connectivity index (χ4v) is 3.12. The van der Waals surface area contributed by atoms with Crippen molar-refractivity contribution in [3.63, 3.8) is 0 Å². The summed E-state index contributed by atoms with van der Waals surface area (Å²) < 4.78 is 13.0. The van der Waals surface area contributed by atoms with Crippen molar-refractivity contribution in [3.05, 3.63) is 107 Å². The molecule has 0 spiro atoms. The zero-order valence-electron chi connectivity index (χ0n) is 16.6. The van der Waals surface area contributed by atoms with Crippen molar-refractivity contribution in [1.82, 2.24) is 10.2 Å². The summed E-state index contributed by atoms with van der Waals surface area (Å²) in [7, 11) is 0. The number of amides is 3. The van der Waals surface area contributed by atoms with Gasteiger partial charge in [0, 0.05) is 25.2 Å². The minimum Gasteiger partial charge on any atom is -0.366 e. The van der Waals surface area contributed by atoms with E-state index in [1.807, 2.05) is 36.4 Å². The third-order valence-electron chi connectivity index (χ3n) is 4.69. The van der Waals surface area contributed by atoms with Gasteiger partial charge in [-0.15, -0.1) is 0 Å². The number of nitrogens with two attached hydrogens (primary N) is 1. The Morgan fingerprint density at radius 1 is 0.833 bits per heavy atom. The summed E-state index contributed by atoms with van der Waals surface area (Å²) in [6.45, 7) is 1.18. The van der Waals surface area contributed by atoms with Crippen LogP contribution in [0.4, 0.5) is 9.18 Å². The van der Waals surface area contributed by atoms with Crippen molar-refractivity contribution in [2.75, 3.05) is 6.54 Å². The molecule has 3 amide bonds. The summed E-state index contributed by atoms with van der Waals surface area (Å²) in [5.41, 5.74) is 8.54. The van der Waals surface area contributed by atoms with Crippen LogP contribution in [0.1, 0.15) is 27.0 Å². The third kappa shape index (κ3) is 6.17. The van der Waals surface area contributed by atoms with E-state index in [1.54, 1.807) is 35.2 Å². The fraction of sp³-hybridized carbons (Fsp3) is 0.167. The molecule has 5 nitrogen and oxygen atoms in total. The van der Waals surface area contributed by atoms with Crippen LogP contribution < -0.4 is 11.1 Å². The fourth-order valence-electron chi connectivity index (χ4n) is 3.12. The molecule has 3 N–H and O–H groups in total. The van der Waals surface area contributed by atoms with Crippen LogP contribution in [0, 0.1) is 5.82 Å². The van der Waals surface area contributed by atoms with Crippen molar-refractivity contribution in [3.8, 4) is 0 Å². The predicted octanol–water partition coefficient (Wildman–Crippen LogP) is 3.88. The van der Waals surface area contributed by atoms with Gasteiger partial charge in [-0.3, -0.25) is 4.79 Å². The molecule has 3 aromatic rings. The normalized spacial score (nSPS) is 10.4. The van der Waals surface area contributed by atoms with E-state index in [0.29, 0.717) is 31.6 Å². The number of hydrogen-bond acceptors (Lipinski definition) is 2. The monoisotopic (exact) mass is 405 g/mol. The smallest absolute Gasteiger partial charge is 0.318 e. The maximum absolute atomic E-state index is 13.0. The number of rotatable bonds is 8. The van der Waals surface area contributed by atoms with E-state index in [-0.39, 0.29) is 11.8 Å². The molecule has 0 aromatic heterocycles. The molecule has 0 aliphatic carbocycles. The highest BCUT2D eigenvalue weighted by Crippen LogP contribution is 2.12. The van der Waals surface area contributed by atoms with Gasteiger partial charge in [-0.25, -0.2) is 9.18 Å². The summed E-state index contributed by atoms with van der Waals surface area (Å²) in [6.07, 6.45) is 0.600. The van der Waals surface area contributed by atoms with Gasteiger partial charge >= 0.3 is 6.03 Å². The highest BCUT2D eigenvalue weighted by Gasteiger charge is 2.15. The molecule has 0 unspecified atom stereocenters. The first kappa shape index (κ1) is 21.0. The van der Waals surface area contributed by atoms with Crippen LogP contribution in [0.25, 0.3) is 0 Å². The molecular formula is C24H24FN3O2. The maximum atomic E-state index is 13.0. The van der Waals surface area contributed by atoms with Gasteiger partial charge in [0.1, 0.15) is 5.82 Å². The number of benzene rings is 3. The molecule has 3 rings (SSSR count). The molecule has 0 saturated carbocycles. The molecule has 3 aromatic carbocycles. The Hall–Kier alpha value is -3.67. The Labute approximate surface area is 175 Å². The van der Waals surface area contributed by atoms with E-state index in [1.165, 1.54) is 12.1 Å². The van der Waals surface area contributed by atoms with Crippen molar-refractivity contribution >= 4 is 11.9 Å². The number of primary amides is 1. The van der Waals surface area contributed by atoms with E-state index < -0.39 is 5.91 Å². The van der Waals surface area contributed by atoms with E-state index in [4.69, 9.17) is 5.73 Å². The minimum absolute atomic E-state index is 0.217. The van der Waals surface area contributed by atoms with Crippen molar-refractivity contribution in [2.45, 2.75) is 19.5 Å². The van der Waals surface area contributed by atoms with Crippen LogP contribution in [-0.2, 0) is 19.5 Å². The number of urea groups is 1. The summed E-state index contributed by atoms with van der Waals surface area (Å²) >= 11 is 0. The van der Waals surface area contributed by atoms with Gasteiger partial charge in [0.25, 0.3) is 0 Å². The van der Waals surface area contributed by atoms with Crippen LogP contribution in [0.2, 0.25) is 0 Å². The van der Waals surface area contributed by atoms with Crippen molar-refractivity contribution in [2.24, 2.45) is 5.73 Å². The number of nitrogens with zero attached hydrogens (tertiary/aromatic N) is 1. The lowest BCUT2D eigenvalue weighted by molar-refractivity contribution is 0.1000. The number of nitrogens with one attached hydrogen (secondary N) is 1. The first-order chi connectivity index (χ1) is 14.5. The van der Waals surface area contributed by atoms with E-state index >= 15 is 0 Å². The van der Waals surface area contributed by atoms with Gasteiger partial charge in [-0.2, -0.15) is 0 Å². The van der Waals surface area contributed by atoms with Crippen molar-refractivity contribution in [1.29, 1.82) is 0 Å². The van der Waals surface area contributed by atoms with Gasteiger partial charge < -0.3 is 16.0 Å². The summed E-state index contributed by atoms with van der Waals surface area (Å²) in [4.78, 5) is 26.0. The lowest BCUT2D eigenvalue weighted by Gasteiger charge is -2.24. The van der Waals surface area contributed by atoms with Crippen LogP contribution in [0.5, 0.6) is 0 Å². The quantitative estimate of drug-likeness (QED) is 0.597. The molecule has 154 valence electrons. The van der Waals surface area contributed by atoms with Gasteiger partial charge in [0.2, 0.25) is 5.91 Å². The van der Waals surface area contributed by atoms with E-state index in [9.17, 15) is 14.0 Å². The first-order valence-corrected chi connectivity index (χ1v) is 9.71. The Kier molecular flexibility index (Phi) is 7.16. The minimum atomic E-state index is -0.504. The van der Waals surface area contributed by atoms with Crippen LogP contribution in [0.15, 0.2) is 78.9 Å². The second kappa shape index (κ2) is 10.2. The zero-order valence-corrected chi connectivity index (χ0v) is 16.6. The molecule has 0 heterocycles. The molecule has 0 fully saturated rings. The average Bonchev–Trinajstić information content (AvgIpc) is 2.75. The second-order valence-electron chi connectivity index (χ2n) is 7.01. The summed E-state index contributed by atoms with van der Waals surface area (Å²) in [6, 6.07) is 22.7. The topological polar surface area (TPSA) is 75.4 Å².